The maximum atomic E-state index is 10.7. The zero-order valence-electron chi connectivity index (χ0n) is 7.81. The molecule has 0 bridgehead atoms. The summed E-state index contributed by atoms with van der Waals surface area (Å²) in [5, 5.41) is 0. The molecule has 3 heteroatoms. The lowest BCUT2D eigenvalue weighted by molar-refractivity contribution is 0.111. The van der Waals surface area contributed by atoms with Gasteiger partial charge in [0.15, 0.2) is 6.29 Å². The normalized spacial score (nSPS) is 20.7. The van der Waals surface area contributed by atoms with Crippen LogP contribution in [0.4, 0.5) is 0 Å². The van der Waals surface area contributed by atoms with E-state index in [1.54, 1.807) is 6.07 Å². The van der Waals surface area contributed by atoms with Crippen molar-refractivity contribution in [3.63, 3.8) is 0 Å². The molecule has 1 aliphatic rings. The maximum Gasteiger partial charge on any atom is 0.153 e. The van der Waals surface area contributed by atoms with E-state index in [0.29, 0.717) is 17.9 Å². The van der Waals surface area contributed by atoms with Gasteiger partial charge in [0.2, 0.25) is 0 Å². The monoisotopic (exact) mass is 192 g/mol. The van der Waals surface area contributed by atoms with Gasteiger partial charge < -0.3 is 9.47 Å². The molecule has 0 radical (unpaired) electrons. The first kappa shape index (κ1) is 9.21. The molecule has 3 nitrogen and oxygen atoms in total. The van der Waals surface area contributed by atoms with Gasteiger partial charge in [0.05, 0.1) is 18.8 Å². The third-order valence-corrected chi connectivity index (χ3v) is 2.23. The molecule has 1 fully saturated rings. The molecule has 1 aromatic rings. The van der Waals surface area contributed by atoms with Gasteiger partial charge in [-0.3, -0.25) is 4.79 Å². The summed E-state index contributed by atoms with van der Waals surface area (Å²) in [5.74, 6) is 0.651. The fourth-order valence-electron chi connectivity index (χ4n) is 1.47. The lowest BCUT2D eigenvalue weighted by Crippen LogP contribution is -2.16. The molecule has 1 aromatic carbocycles. The Morgan fingerprint density at radius 1 is 1.43 bits per heavy atom. The van der Waals surface area contributed by atoms with Gasteiger partial charge in [-0.15, -0.1) is 0 Å². The Morgan fingerprint density at radius 3 is 3.00 bits per heavy atom. The molecule has 1 saturated heterocycles. The topological polar surface area (TPSA) is 35.5 Å². The molecule has 1 heterocycles. The van der Waals surface area contributed by atoms with E-state index >= 15 is 0 Å². The van der Waals surface area contributed by atoms with Crippen LogP contribution < -0.4 is 4.74 Å². The highest BCUT2D eigenvalue weighted by atomic mass is 16.5. The molecular formula is C11H12O3. The minimum Gasteiger partial charge on any atom is -0.487 e. The Balaban J connectivity index is 2.10. The predicted molar refractivity (Wildman–Crippen MR) is 51.7 cm³/mol. The van der Waals surface area contributed by atoms with Crippen LogP contribution in [0.25, 0.3) is 0 Å². The number of hydrogen-bond donors (Lipinski definition) is 0. The quantitative estimate of drug-likeness (QED) is 0.683. The Kier molecular flexibility index (Phi) is 2.79. The summed E-state index contributed by atoms with van der Waals surface area (Å²) in [7, 11) is 0. The van der Waals surface area contributed by atoms with E-state index < -0.39 is 0 Å². The van der Waals surface area contributed by atoms with Crippen molar-refractivity contribution in [1.29, 1.82) is 0 Å². The smallest absolute Gasteiger partial charge is 0.153 e. The summed E-state index contributed by atoms with van der Waals surface area (Å²) in [6, 6.07) is 7.24. The highest BCUT2D eigenvalue weighted by Gasteiger charge is 2.18. The largest absolute Gasteiger partial charge is 0.487 e. The van der Waals surface area contributed by atoms with Crippen LogP contribution in [0.15, 0.2) is 24.3 Å². The highest BCUT2D eigenvalue weighted by molar-refractivity contribution is 5.79. The summed E-state index contributed by atoms with van der Waals surface area (Å²) < 4.78 is 10.8. The molecule has 14 heavy (non-hydrogen) atoms. The average Bonchev–Trinajstić information content (AvgIpc) is 2.71. The third-order valence-electron chi connectivity index (χ3n) is 2.23. The van der Waals surface area contributed by atoms with Crippen molar-refractivity contribution in [3.8, 4) is 5.75 Å². The molecule has 0 amide bonds. The first-order valence-corrected chi connectivity index (χ1v) is 4.69. The van der Waals surface area contributed by atoms with Gasteiger partial charge in [0.1, 0.15) is 11.9 Å². The molecule has 1 atom stereocenters. The van der Waals surface area contributed by atoms with Crippen LogP contribution in [-0.2, 0) is 4.74 Å². The second-order valence-corrected chi connectivity index (χ2v) is 3.26. The molecule has 1 aliphatic heterocycles. The van der Waals surface area contributed by atoms with Gasteiger partial charge in [-0.05, 0) is 12.1 Å². The number of benzene rings is 1. The van der Waals surface area contributed by atoms with Crippen molar-refractivity contribution < 1.29 is 14.3 Å². The number of ether oxygens (including phenoxy) is 2. The number of carbonyl (C=O) groups excluding carboxylic acids is 1. The highest BCUT2D eigenvalue weighted by Crippen LogP contribution is 2.20. The number of rotatable bonds is 3. The van der Waals surface area contributed by atoms with Gasteiger partial charge in [0, 0.05) is 6.42 Å². The molecule has 0 aromatic heterocycles. The standard InChI is InChI=1S/C11H12O3/c12-7-9-3-1-2-4-11(9)14-10-5-6-13-8-10/h1-4,7,10H,5-6,8H2/t10-/m0/s1. The van der Waals surface area contributed by atoms with Crippen molar-refractivity contribution in [2.75, 3.05) is 13.2 Å². The summed E-state index contributed by atoms with van der Waals surface area (Å²) in [6.07, 6.45) is 1.80. The second kappa shape index (κ2) is 4.24. The molecule has 0 spiro atoms. The Hall–Kier alpha value is -1.35. The van der Waals surface area contributed by atoms with Crippen molar-refractivity contribution in [2.24, 2.45) is 0 Å². The van der Waals surface area contributed by atoms with Gasteiger partial charge in [-0.2, -0.15) is 0 Å². The summed E-state index contributed by atoms with van der Waals surface area (Å²) in [5.41, 5.74) is 0.597. The minimum absolute atomic E-state index is 0.0936. The van der Waals surface area contributed by atoms with Crippen LogP contribution in [0.1, 0.15) is 16.8 Å². The first-order chi connectivity index (χ1) is 6.90. The van der Waals surface area contributed by atoms with Crippen molar-refractivity contribution in [3.05, 3.63) is 29.8 Å². The van der Waals surface area contributed by atoms with Gasteiger partial charge in [-0.1, -0.05) is 12.1 Å². The first-order valence-electron chi connectivity index (χ1n) is 4.69. The van der Waals surface area contributed by atoms with Crippen LogP contribution >= 0.6 is 0 Å². The number of hydrogen-bond acceptors (Lipinski definition) is 3. The third kappa shape index (κ3) is 1.93. The second-order valence-electron chi connectivity index (χ2n) is 3.26. The van der Waals surface area contributed by atoms with Crippen LogP contribution in [0, 0.1) is 0 Å². The van der Waals surface area contributed by atoms with E-state index in [0.717, 1.165) is 19.3 Å². The van der Waals surface area contributed by atoms with E-state index in [4.69, 9.17) is 9.47 Å². The fourth-order valence-corrected chi connectivity index (χ4v) is 1.47. The van der Waals surface area contributed by atoms with Gasteiger partial charge in [0.25, 0.3) is 0 Å². The summed E-state index contributed by atoms with van der Waals surface area (Å²) in [6.45, 7) is 1.36. The van der Waals surface area contributed by atoms with E-state index in [-0.39, 0.29) is 6.10 Å². The van der Waals surface area contributed by atoms with Crippen LogP contribution in [0.3, 0.4) is 0 Å². The maximum absolute atomic E-state index is 10.7. The van der Waals surface area contributed by atoms with Crippen molar-refractivity contribution >= 4 is 6.29 Å². The zero-order valence-corrected chi connectivity index (χ0v) is 7.81. The number of para-hydroxylation sites is 1. The zero-order chi connectivity index (χ0) is 9.80. The van der Waals surface area contributed by atoms with E-state index in [9.17, 15) is 4.79 Å². The Labute approximate surface area is 82.6 Å². The molecular weight excluding hydrogens is 180 g/mol. The Bertz CT molecular complexity index is 316. The number of aldehydes is 1. The molecule has 2 rings (SSSR count). The molecule has 0 saturated carbocycles. The van der Waals surface area contributed by atoms with E-state index in [1.807, 2.05) is 18.2 Å². The summed E-state index contributed by atoms with van der Waals surface area (Å²) in [4.78, 5) is 10.7. The molecule has 74 valence electrons. The molecule has 0 N–H and O–H groups in total. The minimum atomic E-state index is 0.0936. The van der Waals surface area contributed by atoms with E-state index in [2.05, 4.69) is 0 Å². The molecule has 0 unspecified atom stereocenters. The summed E-state index contributed by atoms with van der Waals surface area (Å²) >= 11 is 0. The van der Waals surface area contributed by atoms with Crippen LogP contribution in [-0.4, -0.2) is 25.6 Å². The average molecular weight is 192 g/mol. The van der Waals surface area contributed by atoms with Gasteiger partial charge >= 0.3 is 0 Å². The number of carbonyl (C=O) groups is 1. The van der Waals surface area contributed by atoms with Crippen molar-refractivity contribution in [1.82, 2.24) is 0 Å². The lowest BCUT2D eigenvalue weighted by atomic mass is 10.2. The van der Waals surface area contributed by atoms with E-state index in [1.165, 1.54) is 0 Å². The van der Waals surface area contributed by atoms with Crippen LogP contribution in [0.2, 0.25) is 0 Å². The van der Waals surface area contributed by atoms with Crippen LogP contribution in [0.5, 0.6) is 5.75 Å². The Morgan fingerprint density at radius 2 is 2.29 bits per heavy atom. The predicted octanol–water partition coefficient (Wildman–Crippen LogP) is 1.67. The lowest BCUT2D eigenvalue weighted by Gasteiger charge is -2.12. The fraction of sp³-hybridized carbons (Fsp3) is 0.364. The molecule has 0 aliphatic carbocycles. The SMILES string of the molecule is O=Cc1ccccc1O[C@H]1CCOC1. The van der Waals surface area contributed by atoms with Crippen molar-refractivity contribution in [2.45, 2.75) is 12.5 Å². The van der Waals surface area contributed by atoms with Gasteiger partial charge in [-0.25, -0.2) is 0 Å².